The second kappa shape index (κ2) is 5.47. The van der Waals surface area contributed by atoms with Gasteiger partial charge >= 0.3 is 5.97 Å². The second-order valence-corrected chi connectivity index (χ2v) is 3.30. The van der Waals surface area contributed by atoms with Gasteiger partial charge in [0.25, 0.3) is 0 Å². The van der Waals surface area contributed by atoms with Gasteiger partial charge in [0.1, 0.15) is 12.2 Å². The number of nitrogens with zero attached hydrogens (tertiary/aromatic N) is 2. The first-order chi connectivity index (χ1) is 7.40. The van der Waals surface area contributed by atoms with Gasteiger partial charge in [-0.1, -0.05) is 0 Å². The van der Waals surface area contributed by atoms with Gasteiger partial charge in [0.2, 0.25) is 0 Å². The molecule has 1 aliphatic rings. The highest BCUT2D eigenvalue weighted by Crippen LogP contribution is 2.31. The Labute approximate surface area is 89.2 Å². The molecule has 0 aromatic carbocycles. The standard InChI is InChI=1S/C6H12N2O8/c9-6(10)3-1-4(15-7(11)12)5(2-3)16-8(13)14/h3-5,11-14H,1-2H2,(H,9,10)/t3?,4-,5+. The van der Waals surface area contributed by atoms with Crippen LogP contribution in [0.25, 0.3) is 0 Å². The SMILES string of the molecule is O=C(O)C1C[C@H](ON(O)O)[C@H](ON(O)O)C1. The summed E-state index contributed by atoms with van der Waals surface area (Å²) in [6.45, 7) is 0. The highest BCUT2D eigenvalue weighted by atomic mass is 17.1. The number of hydrogen-bond acceptors (Lipinski definition) is 9. The van der Waals surface area contributed by atoms with E-state index in [4.69, 9.17) is 25.9 Å². The van der Waals surface area contributed by atoms with Crippen molar-refractivity contribution in [2.75, 3.05) is 0 Å². The van der Waals surface area contributed by atoms with Crippen molar-refractivity contribution in [3.05, 3.63) is 0 Å². The van der Waals surface area contributed by atoms with Crippen molar-refractivity contribution in [1.82, 2.24) is 10.8 Å². The van der Waals surface area contributed by atoms with Crippen LogP contribution in [0, 0.1) is 5.92 Å². The lowest BCUT2D eigenvalue weighted by molar-refractivity contribution is -0.535. The average molecular weight is 240 g/mol. The number of hydrogen-bond donors (Lipinski definition) is 5. The monoisotopic (exact) mass is 240 g/mol. The molecule has 0 spiro atoms. The Balaban J connectivity index is 2.59. The summed E-state index contributed by atoms with van der Waals surface area (Å²) >= 11 is 0. The fraction of sp³-hybridized carbons (Fsp3) is 0.833. The van der Waals surface area contributed by atoms with E-state index in [1.807, 2.05) is 0 Å². The number of rotatable bonds is 5. The Morgan fingerprint density at radius 2 is 1.38 bits per heavy atom. The Bertz CT molecular complexity index is 229. The third kappa shape index (κ3) is 3.62. The summed E-state index contributed by atoms with van der Waals surface area (Å²) in [5.41, 5.74) is 0. The van der Waals surface area contributed by atoms with Crippen LogP contribution in [0.3, 0.4) is 0 Å². The quantitative estimate of drug-likeness (QED) is 0.389. The van der Waals surface area contributed by atoms with E-state index in [1.54, 1.807) is 0 Å². The molecule has 0 aromatic heterocycles. The van der Waals surface area contributed by atoms with Crippen LogP contribution in [0.1, 0.15) is 12.8 Å². The van der Waals surface area contributed by atoms with Crippen LogP contribution >= 0.6 is 0 Å². The van der Waals surface area contributed by atoms with E-state index in [0.29, 0.717) is 0 Å². The lowest BCUT2D eigenvalue weighted by atomic mass is 10.1. The molecule has 10 heteroatoms. The van der Waals surface area contributed by atoms with Crippen LogP contribution in [0.15, 0.2) is 0 Å². The van der Waals surface area contributed by atoms with Gasteiger partial charge in [-0.3, -0.25) is 25.6 Å². The summed E-state index contributed by atoms with van der Waals surface area (Å²) in [7, 11) is 0. The van der Waals surface area contributed by atoms with Crippen LogP contribution in [0.5, 0.6) is 0 Å². The zero-order valence-electron chi connectivity index (χ0n) is 8.00. The maximum atomic E-state index is 10.7. The Morgan fingerprint density at radius 3 is 1.62 bits per heavy atom. The number of carboxylic acid groups (broad SMARTS) is 1. The van der Waals surface area contributed by atoms with Gasteiger partial charge in [0.05, 0.1) is 16.7 Å². The number of carboxylic acids is 1. The molecule has 0 aromatic rings. The van der Waals surface area contributed by atoms with Crippen molar-refractivity contribution >= 4 is 5.97 Å². The van der Waals surface area contributed by atoms with E-state index in [2.05, 4.69) is 9.68 Å². The summed E-state index contributed by atoms with van der Waals surface area (Å²) in [5, 5.41) is 41.2. The van der Waals surface area contributed by atoms with Gasteiger partial charge in [-0.25, -0.2) is 9.68 Å². The van der Waals surface area contributed by atoms with E-state index < -0.39 is 34.9 Å². The number of carbonyl (C=O) groups is 1. The molecule has 16 heavy (non-hydrogen) atoms. The van der Waals surface area contributed by atoms with Crippen LogP contribution in [-0.2, 0) is 14.5 Å². The van der Waals surface area contributed by atoms with Gasteiger partial charge in [-0.2, -0.15) is 0 Å². The Kier molecular flexibility index (Phi) is 4.52. The molecule has 5 N–H and O–H groups in total. The zero-order chi connectivity index (χ0) is 12.3. The molecular weight excluding hydrogens is 228 g/mol. The van der Waals surface area contributed by atoms with E-state index in [1.165, 1.54) is 0 Å². The van der Waals surface area contributed by atoms with E-state index >= 15 is 0 Å². The fourth-order valence-electron chi connectivity index (χ4n) is 1.63. The third-order valence-electron chi connectivity index (χ3n) is 2.26. The van der Waals surface area contributed by atoms with Gasteiger partial charge in [0.15, 0.2) is 0 Å². The highest BCUT2D eigenvalue weighted by molar-refractivity contribution is 5.70. The molecule has 10 nitrogen and oxygen atoms in total. The summed E-state index contributed by atoms with van der Waals surface area (Å²) in [5.74, 6) is -1.93. The molecule has 0 radical (unpaired) electrons. The molecular formula is C6H12N2O8. The predicted octanol–water partition coefficient (Wildman–Crippen LogP) is -0.758. The molecule has 3 atom stereocenters. The van der Waals surface area contributed by atoms with Crippen LogP contribution < -0.4 is 0 Å². The van der Waals surface area contributed by atoms with Gasteiger partial charge in [-0.15, -0.1) is 0 Å². The van der Waals surface area contributed by atoms with E-state index in [9.17, 15) is 4.79 Å². The van der Waals surface area contributed by atoms with Gasteiger partial charge in [0, 0.05) is 0 Å². The molecule has 0 bridgehead atoms. The molecule has 0 saturated heterocycles. The summed E-state index contributed by atoms with van der Waals surface area (Å²) in [4.78, 5) is 19.5. The summed E-state index contributed by atoms with van der Waals surface area (Å²) in [6, 6.07) is 0. The fourth-order valence-corrected chi connectivity index (χ4v) is 1.63. The van der Waals surface area contributed by atoms with Gasteiger partial charge in [-0.05, 0) is 12.8 Å². The first-order valence-electron chi connectivity index (χ1n) is 4.32. The van der Waals surface area contributed by atoms with Crippen molar-refractivity contribution in [3.63, 3.8) is 0 Å². The van der Waals surface area contributed by atoms with Crippen molar-refractivity contribution in [3.8, 4) is 0 Å². The molecule has 1 aliphatic carbocycles. The average Bonchev–Trinajstić information content (AvgIpc) is 2.46. The van der Waals surface area contributed by atoms with Crippen molar-refractivity contribution in [1.29, 1.82) is 0 Å². The third-order valence-corrected chi connectivity index (χ3v) is 2.26. The van der Waals surface area contributed by atoms with Crippen molar-refractivity contribution < 1.29 is 40.4 Å². The van der Waals surface area contributed by atoms with Crippen LogP contribution in [0.4, 0.5) is 0 Å². The largest absolute Gasteiger partial charge is 0.481 e. The smallest absolute Gasteiger partial charge is 0.306 e. The Hall–Kier alpha value is -0.850. The molecule has 0 heterocycles. The van der Waals surface area contributed by atoms with Gasteiger partial charge < -0.3 is 5.11 Å². The Morgan fingerprint density at radius 1 is 1.00 bits per heavy atom. The maximum absolute atomic E-state index is 10.7. The highest BCUT2D eigenvalue weighted by Gasteiger charge is 2.42. The molecule has 0 amide bonds. The molecule has 1 fully saturated rings. The minimum atomic E-state index is -1.11. The van der Waals surface area contributed by atoms with Crippen LogP contribution in [-0.4, -0.2) is 54.9 Å². The lowest BCUT2D eigenvalue weighted by Crippen LogP contribution is -2.35. The normalized spacial score (nSPS) is 30.2. The molecule has 94 valence electrons. The summed E-state index contributed by atoms with van der Waals surface area (Å²) in [6.07, 6.45) is -2.13. The topological polar surface area (TPSA) is 143 Å². The minimum absolute atomic E-state index is 0.0501. The first kappa shape index (κ1) is 13.2. The van der Waals surface area contributed by atoms with Crippen molar-refractivity contribution in [2.24, 2.45) is 5.92 Å². The molecule has 1 unspecified atom stereocenters. The second-order valence-electron chi connectivity index (χ2n) is 3.30. The first-order valence-corrected chi connectivity index (χ1v) is 4.32. The number of aliphatic carboxylic acids is 1. The molecule has 1 rings (SSSR count). The van der Waals surface area contributed by atoms with Crippen LogP contribution in [0.2, 0.25) is 0 Å². The zero-order valence-corrected chi connectivity index (χ0v) is 8.00. The summed E-state index contributed by atoms with van der Waals surface area (Å²) < 4.78 is 0. The lowest BCUT2D eigenvalue weighted by Gasteiger charge is -2.20. The van der Waals surface area contributed by atoms with E-state index in [0.717, 1.165) is 0 Å². The predicted molar refractivity (Wildman–Crippen MR) is 40.9 cm³/mol. The molecule has 0 aliphatic heterocycles. The molecule has 1 saturated carbocycles. The minimum Gasteiger partial charge on any atom is -0.481 e. The maximum Gasteiger partial charge on any atom is 0.306 e. The van der Waals surface area contributed by atoms with E-state index in [-0.39, 0.29) is 12.8 Å². The van der Waals surface area contributed by atoms with Crippen molar-refractivity contribution in [2.45, 2.75) is 25.0 Å².